The largest absolute Gasteiger partial charge is 0.495 e. The standard InChI is InChI=1S/C24H26FN5O2/c1-32-21-10-3-2-9-20(21)28-22-11-12-26-24(29-22)30-13-5-7-18(16-30)23(31)27-15-17-6-4-8-19(25)14-17/h2-4,6,8-12,14,18H,5,7,13,15-16H2,1H3,(H,27,31)(H,26,28,29). The number of rotatable bonds is 7. The fourth-order valence-electron chi connectivity index (χ4n) is 3.81. The van der Waals surface area contributed by atoms with Gasteiger partial charge in [-0.1, -0.05) is 24.3 Å². The molecule has 8 heteroatoms. The second kappa shape index (κ2) is 10.1. The molecule has 1 aromatic heterocycles. The fourth-order valence-corrected chi connectivity index (χ4v) is 3.81. The normalized spacial score (nSPS) is 15.8. The number of ether oxygens (including phenoxy) is 1. The summed E-state index contributed by atoms with van der Waals surface area (Å²) < 4.78 is 18.7. The molecular weight excluding hydrogens is 409 g/mol. The number of methoxy groups -OCH3 is 1. The van der Waals surface area contributed by atoms with Crippen molar-refractivity contribution in [1.82, 2.24) is 15.3 Å². The van der Waals surface area contributed by atoms with Gasteiger partial charge in [-0.15, -0.1) is 0 Å². The summed E-state index contributed by atoms with van der Waals surface area (Å²) >= 11 is 0. The van der Waals surface area contributed by atoms with Crippen LogP contribution in [0.2, 0.25) is 0 Å². The molecule has 1 aliphatic heterocycles. The minimum Gasteiger partial charge on any atom is -0.495 e. The molecule has 1 aliphatic rings. The van der Waals surface area contributed by atoms with Gasteiger partial charge >= 0.3 is 0 Å². The number of piperidine rings is 1. The van der Waals surface area contributed by atoms with Crippen molar-refractivity contribution in [2.24, 2.45) is 5.92 Å². The molecule has 3 aromatic rings. The summed E-state index contributed by atoms with van der Waals surface area (Å²) in [4.78, 5) is 23.8. The van der Waals surface area contributed by atoms with E-state index in [9.17, 15) is 9.18 Å². The van der Waals surface area contributed by atoms with Crippen LogP contribution in [0.15, 0.2) is 60.8 Å². The van der Waals surface area contributed by atoms with Crippen molar-refractivity contribution in [3.05, 3.63) is 72.2 Å². The molecule has 2 heterocycles. The van der Waals surface area contributed by atoms with Crippen LogP contribution in [0.25, 0.3) is 0 Å². The third-order valence-corrected chi connectivity index (χ3v) is 5.44. The minimum atomic E-state index is -0.306. The molecule has 1 amide bonds. The van der Waals surface area contributed by atoms with E-state index in [1.807, 2.05) is 29.2 Å². The summed E-state index contributed by atoms with van der Waals surface area (Å²) in [7, 11) is 1.62. The Hall–Kier alpha value is -3.68. The molecule has 1 saturated heterocycles. The van der Waals surface area contributed by atoms with Crippen LogP contribution in [-0.4, -0.2) is 36.1 Å². The van der Waals surface area contributed by atoms with Gasteiger partial charge in [0.2, 0.25) is 11.9 Å². The van der Waals surface area contributed by atoms with Crippen molar-refractivity contribution in [3.8, 4) is 5.75 Å². The molecule has 7 nitrogen and oxygen atoms in total. The molecule has 1 unspecified atom stereocenters. The van der Waals surface area contributed by atoms with Crippen LogP contribution in [0, 0.1) is 11.7 Å². The fraction of sp³-hybridized carbons (Fsp3) is 0.292. The molecule has 0 aliphatic carbocycles. The molecule has 166 valence electrons. The maximum atomic E-state index is 13.4. The lowest BCUT2D eigenvalue weighted by molar-refractivity contribution is -0.125. The number of amides is 1. The molecule has 1 fully saturated rings. The summed E-state index contributed by atoms with van der Waals surface area (Å²) in [6.07, 6.45) is 3.37. The van der Waals surface area contributed by atoms with Gasteiger partial charge in [-0.2, -0.15) is 4.98 Å². The highest BCUT2D eigenvalue weighted by molar-refractivity contribution is 5.79. The Labute approximate surface area is 186 Å². The number of anilines is 3. The smallest absolute Gasteiger partial charge is 0.227 e. The van der Waals surface area contributed by atoms with Crippen molar-refractivity contribution in [2.45, 2.75) is 19.4 Å². The zero-order chi connectivity index (χ0) is 22.3. The zero-order valence-corrected chi connectivity index (χ0v) is 17.9. The highest BCUT2D eigenvalue weighted by Crippen LogP contribution is 2.27. The molecule has 0 bridgehead atoms. The Morgan fingerprint density at radius 3 is 2.94 bits per heavy atom. The van der Waals surface area contributed by atoms with E-state index in [2.05, 4.69) is 20.6 Å². The number of nitrogens with one attached hydrogen (secondary N) is 2. The second-order valence-electron chi connectivity index (χ2n) is 7.70. The van der Waals surface area contributed by atoms with E-state index in [1.54, 1.807) is 31.5 Å². The van der Waals surface area contributed by atoms with Crippen molar-refractivity contribution in [2.75, 3.05) is 30.4 Å². The van der Waals surface area contributed by atoms with E-state index in [0.29, 0.717) is 24.9 Å². The first-order valence-corrected chi connectivity index (χ1v) is 10.6. The molecule has 4 rings (SSSR count). The highest BCUT2D eigenvalue weighted by atomic mass is 19.1. The Morgan fingerprint density at radius 2 is 2.09 bits per heavy atom. The molecule has 0 spiro atoms. The minimum absolute atomic E-state index is 0.0396. The van der Waals surface area contributed by atoms with Gasteiger partial charge < -0.3 is 20.3 Å². The molecule has 1 atom stereocenters. The first-order chi connectivity index (χ1) is 15.6. The predicted molar refractivity (Wildman–Crippen MR) is 121 cm³/mol. The number of hydrogen-bond acceptors (Lipinski definition) is 6. The summed E-state index contributed by atoms with van der Waals surface area (Å²) in [6, 6.07) is 15.7. The second-order valence-corrected chi connectivity index (χ2v) is 7.70. The zero-order valence-electron chi connectivity index (χ0n) is 17.9. The van der Waals surface area contributed by atoms with E-state index in [4.69, 9.17) is 4.74 Å². The highest BCUT2D eigenvalue weighted by Gasteiger charge is 2.27. The number of para-hydroxylation sites is 2. The van der Waals surface area contributed by atoms with Gasteiger partial charge in [-0.3, -0.25) is 4.79 Å². The quantitative estimate of drug-likeness (QED) is 0.586. The SMILES string of the molecule is COc1ccccc1Nc1ccnc(N2CCCC(C(=O)NCc3cccc(F)c3)C2)n1. The van der Waals surface area contributed by atoms with Gasteiger partial charge in [0.05, 0.1) is 18.7 Å². The van der Waals surface area contributed by atoms with Gasteiger partial charge in [0, 0.05) is 25.8 Å². The average molecular weight is 436 g/mol. The topological polar surface area (TPSA) is 79.4 Å². The van der Waals surface area contributed by atoms with Gasteiger partial charge in [0.25, 0.3) is 0 Å². The number of halogens is 1. The van der Waals surface area contributed by atoms with Crippen LogP contribution in [0.5, 0.6) is 5.75 Å². The van der Waals surface area contributed by atoms with Crippen molar-refractivity contribution in [1.29, 1.82) is 0 Å². The first-order valence-electron chi connectivity index (χ1n) is 10.6. The van der Waals surface area contributed by atoms with E-state index < -0.39 is 0 Å². The Bertz CT molecular complexity index is 1080. The maximum absolute atomic E-state index is 13.4. The Balaban J connectivity index is 1.39. The summed E-state index contributed by atoms with van der Waals surface area (Å²) in [5.41, 5.74) is 1.55. The van der Waals surface area contributed by atoms with E-state index in [0.717, 1.165) is 36.4 Å². The lowest BCUT2D eigenvalue weighted by Gasteiger charge is -2.32. The van der Waals surface area contributed by atoms with Crippen molar-refractivity contribution in [3.63, 3.8) is 0 Å². The van der Waals surface area contributed by atoms with Crippen LogP contribution in [-0.2, 0) is 11.3 Å². The van der Waals surface area contributed by atoms with Crippen LogP contribution in [0.3, 0.4) is 0 Å². The number of aromatic nitrogens is 2. The third kappa shape index (κ3) is 5.32. The molecule has 2 aromatic carbocycles. The van der Waals surface area contributed by atoms with Crippen molar-refractivity contribution < 1.29 is 13.9 Å². The maximum Gasteiger partial charge on any atom is 0.227 e. The van der Waals surface area contributed by atoms with Crippen LogP contribution in [0.4, 0.5) is 21.8 Å². The number of benzene rings is 2. The van der Waals surface area contributed by atoms with Gasteiger partial charge in [0.1, 0.15) is 17.4 Å². The molecular formula is C24H26FN5O2. The monoisotopic (exact) mass is 435 g/mol. The first kappa shape index (κ1) is 21.5. The molecule has 2 N–H and O–H groups in total. The lowest BCUT2D eigenvalue weighted by Crippen LogP contribution is -2.43. The molecule has 0 saturated carbocycles. The predicted octanol–water partition coefficient (Wildman–Crippen LogP) is 3.90. The van der Waals surface area contributed by atoms with Crippen LogP contribution in [0.1, 0.15) is 18.4 Å². The van der Waals surface area contributed by atoms with E-state index >= 15 is 0 Å². The Morgan fingerprint density at radius 1 is 1.22 bits per heavy atom. The summed E-state index contributed by atoms with van der Waals surface area (Å²) in [5, 5.41) is 6.19. The van der Waals surface area contributed by atoms with E-state index in [1.165, 1.54) is 12.1 Å². The third-order valence-electron chi connectivity index (χ3n) is 5.44. The summed E-state index contributed by atoms with van der Waals surface area (Å²) in [5.74, 6) is 1.43. The van der Waals surface area contributed by atoms with Gasteiger partial charge in [-0.05, 0) is 48.7 Å². The number of carbonyl (C=O) groups excluding carboxylic acids is 1. The van der Waals surface area contributed by atoms with Crippen LogP contribution >= 0.6 is 0 Å². The van der Waals surface area contributed by atoms with Gasteiger partial charge in [0.15, 0.2) is 0 Å². The van der Waals surface area contributed by atoms with Crippen LogP contribution < -0.4 is 20.3 Å². The summed E-state index contributed by atoms with van der Waals surface area (Å²) in [6.45, 7) is 1.63. The van der Waals surface area contributed by atoms with Gasteiger partial charge in [-0.25, -0.2) is 9.37 Å². The molecule has 32 heavy (non-hydrogen) atoms. The number of carbonyl (C=O) groups is 1. The molecule has 0 radical (unpaired) electrons. The lowest BCUT2D eigenvalue weighted by atomic mass is 9.97. The van der Waals surface area contributed by atoms with E-state index in [-0.39, 0.29) is 17.6 Å². The number of nitrogens with zero attached hydrogens (tertiary/aromatic N) is 3. The Kier molecular flexibility index (Phi) is 6.79. The number of hydrogen-bond donors (Lipinski definition) is 2. The average Bonchev–Trinajstić information content (AvgIpc) is 2.83. The van der Waals surface area contributed by atoms with Crippen molar-refractivity contribution >= 4 is 23.4 Å².